The van der Waals surface area contributed by atoms with Crippen LogP contribution in [0.25, 0.3) is 0 Å². The third kappa shape index (κ3) is 4.14. The molecule has 21 heavy (non-hydrogen) atoms. The van der Waals surface area contributed by atoms with E-state index in [-0.39, 0.29) is 22.8 Å². The molecule has 0 atom stereocenters. The Kier molecular flexibility index (Phi) is 4.53. The van der Waals surface area contributed by atoms with Crippen LogP contribution >= 0.6 is 11.6 Å². The summed E-state index contributed by atoms with van der Waals surface area (Å²) in [5.74, 6) is -0.579. The van der Waals surface area contributed by atoms with Gasteiger partial charge in [0.1, 0.15) is 5.88 Å². The molecule has 0 aliphatic heterocycles. The fourth-order valence-electron chi connectivity index (χ4n) is 1.97. The lowest BCUT2D eigenvalue weighted by atomic mass is 10.0. The van der Waals surface area contributed by atoms with Gasteiger partial charge in [0.25, 0.3) is 0 Å². The predicted octanol–water partition coefficient (Wildman–Crippen LogP) is 1.14. The number of carbonyl (C=O) groups is 1. The highest BCUT2D eigenvalue weighted by Gasteiger charge is 2.36. The lowest BCUT2D eigenvalue weighted by Gasteiger charge is -2.25. The van der Waals surface area contributed by atoms with Crippen LogP contribution in [0.5, 0.6) is 0 Å². The molecule has 1 aliphatic rings. The molecule has 1 heterocycles. The van der Waals surface area contributed by atoms with E-state index in [1.165, 1.54) is 12.4 Å². The van der Waals surface area contributed by atoms with Crippen LogP contribution in [0.3, 0.4) is 0 Å². The zero-order valence-corrected chi connectivity index (χ0v) is 13.5. The first kappa shape index (κ1) is 16.2. The highest BCUT2D eigenvalue weighted by atomic mass is 35.5. The van der Waals surface area contributed by atoms with Crippen LogP contribution in [-0.4, -0.2) is 35.4 Å². The van der Waals surface area contributed by atoms with E-state index in [2.05, 4.69) is 15.3 Å². The number of nitrogens with one attached hydrogen (secondary N) is 1. The van der Waals surface area contributed by atoms with Crippen molar-refractivity contribution in [2.45, 2.75) is 43.2 Å². The quantitative estimate of drug-likeness (QED) is 0.790. The van der Waals surface area contributed by atoms with Crippen LogP contribution in [-0.2, 0) is 25.9 Å². The first-order valence-corrected chi connectivity index (χ1v) is 8.89. The van der Waals surface area contributed by atoms with Gasteiger partial charge in [-0.25, -0.2) is 8.42 Å². The van der Waals surface area contributed by atoms with E-state index in [0.717, 1.165) is 12.8 Å². The molecule has 0 bridgehead atoms. The molecule has 1 N–H and O–H groups in total. The topological polar surface area (TPSA) is 89.0 Å². The summed E-state index contributed by atoms with van der Waals surface area (Å²) in [6.45, 7) is 3.53. The van der Waals surface area contributed by atoms with Crippen molar-refractivity contribution in [3.63, 3.8) is 0 Å². The van der Waals surface area contributed by atoms with Gasteiger partial charge in [0, 0.05) is 6.20 Å². The molecule has 1 fully saturated rings. The first-order chi connectivity index (χ1) is 9.74. The summed E-state index contributed by atoms with van der Waals surface area (Å²) in [5.41, 5.74) is 0.135. The highest BCUT2D eigenvalue weighted by molar-refractivity contribution is 7.91. The number of aromatic nitrogens is 2. The molecule has 2 rings (SSSR count). The predicted molar refractivity (Wildman–Crippen MR) is 79.6 cm³/mol. The minimum absolute atomic E-state index is 0.113. The van der Waals surface area contributed by atoms with Gasteiger partial charge in [0.2, 0.25) is 5.91 Å². The molecule has 116 valence electrons. The molecule has 0 aromatic carbocycles. The molecule has 0 unspecified atom stereocenters. The van der Waals surface area contributed by atoms with Gasteiger partial charge >= 0.3 is 0 Å². The largest absolute Gasteiger partial charge is 0.344 e. The summed E-state index contributed by atoms with van der Waals surface area (Å²) in [5, 5.41) is 2.49. The Bertz CT molecular complexity index is 642. The van der Waals surface area contributed by atoms with Crippen molar-refractivity contribution in [2.75, 3.05) is 5.88 Å². The molecule has 1 aromatic rings. The minimum atomic E-state index is -3.14. The number of nitrogens with zero attached hydrogens (tertiary/aromatic N) is 2. The summed E-state index contributed by atoms with van der Waals surface area (Å²) in [4.78, 5) is 19.8. The molecule has 1 aliphatic carbocycles. The molecule has 6 nitrogen and oxygen atoms in total. The molecule has 8 heteroatoms. The van der Waals surface area contributed by atoms with E-state index in [4.69, 9.17) is 11.6 Å². The zero-order chi connectivity index (χ0) is 15.7. The van der Waals surface area contributed by atoms with Gasteiger partial charge in [-0.1, -0.05) is 0 Å². The lowest BCUT2D eigenvalue weighted by molar-refractivity contribution is -0.120. The molecule has 1 saturated carbocycles. The third-order valence-corrected chi connectivity index (χ3v) is 5.71. The lowest BCUT2D eigenvalue weighted by Crippen LogP contribution is -2.42. The van der Waals surface area contributed by atoms with Crippen LogP contribution in [0, 0.1) is 0 Å². The van der Waals surface area contributed by atoms with Gasteiger partial charge in [-0.3, -0.25) is 14.8 Å². The van der Waals surface area contributed by atoms with Crippen LogP contribution in [0.1, 0.15) is 38.1 Å². The third-order valence-electron chi connectivity index (χ3n) is 3.28. The fourth-order valence-corrected chi connectivity index (χ4v) is 3.68. The summed E-state index contributed by atoms with van der Waals surface area (Å²) in [6, 6.07) is 0. The molecular weight excluding hydrogens is 314 g/mol. The zero-order valence-electron chi connectivity index (χ0n) is 12.0. The first-order valence-electron chi connectivity index (χ1n) is 6.64. The average Bonchev–Trinajstić information content (AvgIpc) is 3.22. The van der Waals surface area contributed by atoms with Crippen molar-refractivity contribution < 1.29 is 13.2 Å². The monoisotopic (exact) mass is 331 g/mol. The van der Waals surface area contributed by atoms with Crippen molar-refractivity contribution in [3.8, 4) is 0 Å². The van der Waals surface area contributed by atoms with Gasteiger partial charge in [-0.2, -0.15) is 0 Å². The Morgan fingerprint density at radius 2 is 2.10 bits per heavy atom. The average molecular weight is 332 g/mol. The molecular formula is C13H18ClN3O3S. The van der Waals surface area contributed by atoms with Crippen LogP contribution in [0.2, 0.25) is 0 Å². The molecule has 0 spiro atoms. The number of rotatable bonds is 6. The van der Waals surface area contributed by atoms with E-state index >= 15 is 0 Å². The SMILES string of the molecule is CC(C)(NC(=O)CCl)c1cncc(CS(=O)(=O)C2CC2)n1. The normalized spacial score (nSPS) is 15.8. The van der Waals surface area contributed by atoms with Gasteiger partial charge in [-0.15, -0.1) is 11.6 Å². The van der Waals surface area contributed by atoms with E-state index in [1.807, 2.05) is 0 Å². The van der Waals surface area contributed by atoms with Crippen molar-refractivity contribution in [2.24, 2.45) is 0 Å². The van der Waals surface area contributed by atoms with E-state index in [1.54, 1.807) is 13.8 Å². The van der Waals surface area contributed by atoms with E-state index in [9.17, 15) is 13.2 Å². The number of hydrogen-bond donors (Lipinski definition) is 1. The number of alkyl halides is 1. The second-order valence-electron chi connectivity index (χ2n) is 5.71. The Hall–Kier alpha value is -1.21. The Labute approximate surface area is 129 Å². The highest BCUT2D eigenvalue weighted by Crippen LogP contribution is 2.30. The summed E-state index contributed by atoms with van der Waals surface area (Å²) < 4.78 is 24.0. The Balaban J connectivity index is 2.19. The second kappa shape index (κ2) is 5.88. The Morgan fingerprint density at radius 3 is 2.67 bits per heavy atom. The maximum atomic E-state index is 12.0. The maximum absolute atomic E-state index is 12.0. The molecule has 1 aromatic heterocycles. The van der Waals surface area contributed by atoms with Crippen LogP contribution in [0.4, 0.5) is 0 Å². The Morgan fingerprint density at radius 1 is 1.43 bits per heavy atom. The number of halogens is 1. The van der Waals surface area contributed by atoms with Crippen molar-refractivity contribution in [3.05, 3.63) is 23.8 Å². The summed E-state index contributed by atoms with van der Waals surface area (Å²) >= 11 is 5.48. The van der Waals surface area contributed by atoms with Gasteiger partial charge in [0.05, 0.1) is 34.1 Å². The van der Waals surface area contributed by atoms with Gasteiger partial charge < -0.3 is 5.32 Å². The second-order valence-corrected chi connectivity index (χ2v) is 8.26. The van der Waals surface area contributed by atoms with Gasteiger partial charge in [-0.05, 0) is 26.7 Å². The molecule has 0 saturated heterocycles. The van der Waals surface area contributed by atoms with E-state index < -0.39 is 15.4 Å². The van der Waals surface area contributed by atoms with Crippen molar-refractivity contribution in [1.82, 2.24) is 15.3 Å². The van der Waals surface area contributed by atoms with Crippen LogP contribution < -0.4 is 5.32 Å². The molecule has 0 radical (unpaired) electrons. The van der Waals surface area contributed by atoms with Crippen molar-refractivity contribution >= 4 is 27.3 Å². The number of hydrogen-bond acceptors (Lipinski definition) is 5. The van der Waals surface area contributed by atoms with Crippen molar-refractivity contribution in [1.29, 1.82) is 0 Å². The number of carbonyl (C=O) groups excluding carboxylic acids is 1. The number of amides is 1. The summed E-state index contributed by atoms with van der Waals surface area (Å²) in [7, 11) is -3.14. The molecule has 1 amide bonds. The fraction of sp³-hybridized carbons (Fsp3) is 0.615. The number of sulfone groups is 1. The van der Waals surface area contributed by atoms with Gasteiger partial charge in [0.15, 0.2) is 9.84 Å². The van der Waals surface area contributed by atoms with E-state index in [0.29, 0.717) is 11.4 Å². The minimum Gasteiger partial charge on any atom is -0.344 e. The summed E-state index contributed by atoms with van der Waals surface area (Å²) in [6.07, 6.45) is 4.42. The standard InChI is InChI=1S/C13H18ClN3O3S/c1-13(2,17-12(18)5-14)11-7-15-6-9(16-11)8-21(19,20)10-3-4-10/h6-7,10H,3-5,8H2,1-2H3,(H,17,18). The smallest absolute Gasteiger partial charge is 0.235 e. The maximum Gasteiger partial charge on any atom is 0.235 e. The van der Waals surface area contributed by atoms with Crippen LogP contribution in [0.15, 0.2) is 12.4 Å².